The Bertz CT molecular complexity index is 300. The quantitative estimate of drug-likeness (QED) is 0.0981. The molecule has 0 saturated carbocycles. The average molecular weight is 412 g/mol. The normalized spacial score (nSPS) is 15.3. The molecule has 0 bridgehead atoms. The van der Waals surface area contributed by atoms with Crippen LogP contribution in [0.2, 0.25) is 5.82 Å². The van der Waals surface area contributed by atoms with E-state index in [0.29, 0.717) is 14.9 Å². The molecule has 1 nitrogen and oxygen atoms in total. The van der Waals surface area contributed by atoms with Crippen molar-refractivity contribution < 1.29 is 4.52 Å². The van der Waals surface area contributed by atoms with E-state index < -0.39 is 0 Å². The van der Waals surface area contributed by atoms with Gasteiger partial charge in [0.1, 0.15) is 7.85 Å². The fourth-order valence-electron chi connectivity index (χ4n) is 4.47. The summed E-state index contributed by atoms with van der Waals surface area (Å²) in [5, 5.41) is 0. The molecule has 4 atom stereocenters. The van der Waals surface area contributed by atoms with E-state index in [9.17, 15) is 0 Å². The Morgan fingerprint density at radius 1 is 0.714 bits per heavy atom. The van der Waals surface area contributed by atoms with Crippen LogP contribution in [0.3, 0.4) is 0 Å². The van der Waals surface area contributed by atoms with Crippen LogP contribution in [0.4, 0.5) is 0 Å². The van der Waals surface area contributed by atoms with Gasteiger partial charge >= 0.3 is 0 Å². The topological polar surface area (TPSA) is 9.23 Å². The van der Waals surface area contributed by atoms with Crippen molar-refractivity contribution >= 4 is 16.7 Å². The molecule has 0 aliphatic heterocycles. The molecule has 0 aromatic carbocycles. The molecule has 0 N–H and O–H groups in total. The van der Waals surface area contributed by atoms with Gasteiger partial charge in [0.15, 0.2) is 0 Å². The largest absolute Gasteiger partial charge is 0.360 e. The second-order valence-electron chi connectivity index (χ2n) is 9.27. The van der Waals surface area contributed by atoms with Crippen LogP contribution in [0, 0.1) is 5.92 Å². The molecule has 0 saturated heterocycles. The summed E-state index contributed by atoms with van der Waals surface area (Å²) in [5.74, 6) is 1.61. The Kier molecular flexibility index (Phi) is 22.5. The Hall–Kier alpha value is 0.455. The highest BCUT2D eigenvalue weighted by molar-refractivity contribution is 7.31. The summed E-state index contributed by atoms with van der Waals surface area (Å²) < 4.78 is 5.85. The number of hydrogen-bond donors (Lipinski definition) is 0. The molecule has 0 aromatic heterocycles. The molecule has 3 heteroatoms. The van der Waals surface area contributed by atoms with Crippen LogP contribution in [0.15, 0.2) is 0 Å². The highest BCUT2D eigenvalue weighted by Gasteiger charge is 2.18. The van der Waals surface area contributed by atoms with Crippen molar-refractivity contribution in [1.29, 1.82) is 0 Å². The minimum Gasteiger partial charge on any atom is -0.360 e. The molecule has 28 heavy (non-hydrogen) atoms. The molecule has 0 amide bonds. The van der Waals surface area contributed by atoms with Crippen LogP contribution in [0.25, 0.3) is 0 Å². The number of unbranched alkanes of at least 4 members (excludes halogenated alkanes) is 14. The molecule has 0 fully saturated rings. The van der Waals surface area contributed by atoms with Crippen LogP contribution in [-0.2, 0) is 4.52 Å². The van der Waals surface area contributed by atoms with Gasteiger partial charge in [0.2, 0.25) is 0 Å². The van der Waals surface area contributed by atoms with Crippen molar-refractivity contribution in [3.05, 3.63) is 0 Å². The second kappa shape index (κ2) is 22.1. The molecule has 0 aliphatic carbocycles. The van der Waals surface area contributed by atoms with Crippen molar-refractivity contribution in [3.8, 4) is 0 Å². The fraction of sp³-hybridized carbons (Fsp3) is 1.00. The predicted molar refractivity (Wildman–Crippen MR) is 135 cm³/mol. The van der Waals surface area contributed by atoms with Gasteiger partial charge in [0.05, 0.1) is 6.10 Å². The zero-order chi connectivity index (χ0) is 20.9. The van der Waals surface area contributed by atoms with Crippen molar-refractivity contribution in [2.45, 2.75) is 148 Å². The lowest BCUT2D eigenvalue weighted by molar-refractivity contribution is 0.162. The van der Waals surface area contributed by atoms with Gasteiger partial charge in [-0.3, -0.25) is 0 Å². The first-order valence-electron chi connectivity index (χ1n) is 13.0. The summed E-state index contributed by atoms with van der Waals surface area (Å²) >= 11 is 0. The Balaban J connectivity index is 3.36. The van der Waals surface area contributed by atoms with E-state index in [0.717, 1.165) is 11.7 Å². The van der Waals surface area contributed by atoms with Gasteiger partial charge in [-0.05, 0) is 19.5 Å². The van der Waals surface area contributed by atoms with Gasteiger partial charge in [-0.2, -0.15) is 0 Å². The lowest BCUT2D eigenvalue weighted by Crippen LogP contribution is -2.19. The van der Waals surface area contributed by atoms with E-state index in [-0.39, 0.29) is 0 Å². The van der Waals surface area contributed by atoms with Crippen LogP contribution in [-0.4, -0.2) is 20.6 Å². The van der Waals surface area contributed by atoms with Crippen molar-refractivity contribution in [1.82, 2.24) is 0 Å². The minimum atomic E-state index is 0.442. The van der Waals surface area contributed by atoms with Gasteiger partial charge in [-0.25, -0.2) is 0 Å². The predicted octanol–water partition coefficient (Wildman–Crippen LogP) is 8.71. The van der Waals surface area contributed by atoms with E-state index >= 15 is 0 Å². The van der Waals surface area contributed by atoms with Crippen molar-refractivity contribution in [3.63, 3.8) is 0 Å². The summed E-state index contributed by atoms with van der Waals surface area (Å²) in [4.78, 5) is 0. The van der Waals surface area contributed by atoms with Crippen LogP contribution in [0.1, 0.15) is 136 Å². The highest BCUT2D eigenvalue weighted by Crippen LogP contribution is 2.29. The molecule has 4 unspecified atom stereocenters. The van der Waals surface area contributed by atoms with E-state index in [1.165, 1.54) is 116 Å². The molecule has 168 valence electrons. The summed E-state index contributed by atoms with van der Waals surface area (Å²) in [6.07, 6.45) is 26.3. The first kappa shape index (κ1) is 28.5. The maximum Gasteiger partial charge on any atom is 0.105 e. The molecular weight excluding hydrogens is 358 g/mol. The zero-order valence-electron chi connectivity index (χ0n) is 20.4. The average Bonchev–Trinajstić information content (AvgIpc) is 2.69. The van der Waals surface area contributed by atoms with Crippen LogP contribution < -0.4 is 0 Å². The molecule has 0 heterocycles. The number of rotatable bonds is 22. The Morgan fingerprint density at radius 3 is 1.54 bits per heavy atom. The molecule has 0 aliphatic rings. The summed E-state index contributed by atoms with van der Waals surface area (Å²) in [6, 6.07) is 0. The first-order chi connectivity index (χ1) is 13.7. The van der Waals surface area contributed by atoms with Gasteiger partial charge in [-0.1, -0.05) is 135 Å². The fourth-order valence-corrected chi connectivity index (χ4v) is 5.04. The van der Waals surface area contributed by atoms with E-state index in [1.807, 2.05) is 0 Å². The maximum atomic E-state index is 5.85. The lowest BCUT2D eigenvalue weighted by atomic mass is 9.75. The van der Waals surface area contributed by atoms with Gasteiger partial charge in [-0.15, -0.1) is 0 Å². The molecule has 0 radical (unpaired) electrons. The van der Waals surface area contributed by atoms with Crippen molar-refractivity contribution in [2.75, 3.05) is 6.66 Å². The van der Waals surface area contributed by atoms with Crippen LogP contribution in [0.5, 0.6) is 0 Å². The monoisotopic (exact) mass is 412 g/mol. The second-order valence-corrected chi connectivity index (χ2v) is 9.92. The first-order valence-corrected chi connectivity index (χ1v) is 14.4. The summed E-state index contributed by atoms with van der Waals surface area (Å²) in [7, 11) is 3.08. The third kappa shape index (κ3) is 18.5. The summed E-state index contributed by atoms with van der Waals surface area (Å²) in [6.45, 7) is 9.03. The molecular formula is C25H54BOP. The molecule has 0 rings (SSSR count). The third-order valence-corrected chi connectivity index (χ3v) is 7.11. The van der Waals surface area contributed by atoms with Gasteiger partial charge < -0.3 is 4.52 Å². The molecule has 0 aromatic rings. The highest BCUT2D eigenvalue weighted by atomic mass is 31.1. The Labute approximate surface area is 182 Å². The van der Waals surface area contributed by atoms with Gasteiger partial charge in [0, 0.05) is 8.81 Å². The standard InChI is InChI=1S/C25H54BOP/c1-5-7-8-9-10-11-12-13-14-15-16-17-18-19-20-21-25(26)22-24(6-2)23(3)27-28-4/h23-25,28H,5-22,26H2,1-4H3. The zero-order valence-corrected chi connectivity index (χ0v) is 21.4. The van der Waals surface area contributed by atoms with Gasteiger partial charge in [0.25, 0.3) is 0 Å². The molecule has 0 spiro atoms. The van der Waals surface area contributed by atoms with Crippen molar-refractivity contribution in [2.24, 2.45) is 5.92 Å². The Morgan fingerprint density at radius 2 is 1.14 bits per heavy atom. The maximum absolute atomic E-state index is 5.85. The van der Waals surface area contributed by atoms with E-state index in [4.69, 9.17) is 4.52 Å². The third-order valence-electron chi connectivity index (χ3n) is 6.50. The van der Waals surface area contributed by atoms with E-state index in [2.05, 4.69) is 35.3 Å². The van der Waals surface area contributed by atoms with E-state index in [1.54, 1.807) is 0 Å². The number of hydrogen-bond acceptors (Lipinski definition) is 1. The summed E-state index contributed by atoms with van der Waals surface area (Å²) in [5.41, 5.74) is 0. The smallest absolute Gasteiger partial charge is 0.105 e. The lowest BCUT2D eigenvalue weighted by Gasteiger charge is -2.25. The minimum absolute atomic E-state index is 0.442. The SMILES string of the molecule is BC(CCCCCCCCCCCCCCCCC)CC(CC)C(C)OPC. The van der Waals surface area contributed by atoms with Crippen LogP contribution >= 0.6 is 8.81 Å².